The molecule has 2 rings (SSSR count). The second-order valence-electron chi connectivity index (χ2n) is 3.93. The number of nitrogens with zero attached hydrogens (tertiary/aromatic N) is 2. The molecule has 0 atom stereocenters. The van der Waals surface area contributed by atoms with E-state index in [4.69, 9.17) is 5.73 Å². The highest BCUT2D eigenvalue weighted by atomic mass is 32.1. The smallest absolute Gasteiger partial charge is 0.253 e. The minimum atomic E-state index is -0.168. The molecular formula is C12H14N4OS. The summed E-state index contributed by atoms with van der Waals surface area (Å²) in [6.07, 6.45) is 3.31. The second-order valence-corrected chi connectivity index (χ2v) is 5.25. The molecule has 0 spiro atoms. The summed E-state index contributed by atoms with van der Waals surface area (Å²) in [5.41, 5.74) is 7.29. The maximum absolute atomic E-state index is 12.0. The molecule has 2 heterocycles. The van der Waals surface area contributed by atoms with Gasteiger partial charge in [-0.15, -0.1) is 11.3 Å². The van der Waals surface area contributed by atoms with E-state index < -0.39 is 0 Å². The number of rotatable bonds is 3. The highest BCUT2D eigenvalue weighted by Gasteiger charge is 2.10. The maximum Gasteiger partial charge on any atom is 0.253 e. The molecule has 0 bridgehead atoms. The average molecular weight is 262 g/mol. The van der Waals surface area contributed by atoms with E-state index in [1.54, 1.807) is 36.7 Å². The van der Waals surface area contributed by atoms with Crippen LogP contribution in [0.4, 0.5) is 5.69 Å². The van der Waals surface area contributed by atoms with Crippen LogP contribution < -0.4 is 11.1 Å². The second kappa shape index (κ2) is 5.14. The maximum atomic E-state index is 12.0. The lowest BCUT2D eigenvalue weighted by atomic mass is 10.2. The number of nitrogen functional groups attached to an aromatic ring is 1. The molecule has 0 unspecified atom stereocenters. The molecule has 1 amide bonds. The Kier molecular flexibility index (Phi) is 3.57. The Morgan fingerprint density at radius 2 is 2.17 bits per heavy atom. The van der Waals surface area contributed by atoms with Gasteiger partial charge in [0.2, 0.25) is 0 Å². The standard InChI is InChI=1S/C12H14N4OS/c1-7-11(3-9(13)4-14-7)12(17)16-6-10-5-15-8(2)18-10/h3-5H,6,13H2,1-2H3,(H,16,17). The number of aromatic nitrogens is 2. The number of carbonyl (C=O) groups excluding carboxylic acids is 1. The quantitative estimate of drug-likeness (QED) is 0.881. The normalized spacial score (nSPS) is 10.3. The predicted octanol–water partition coefficient (Wildman–Crippen LogP) is 1.67. The Labute approximate surface area is 109 Å². The summed E-state index contributed by atoms with van der Waals surface area (Å²) < 4.78 is 0. The van der Waals surface area contributed by atoms with Crippen molar-refractivity contribution in [2.24, 2.45) is 0 Å². The van der Waals surface area contributed by atoms with Gasteiger partial charge in [-0.05, 0) is 19.9 Å². The summed E-state index contributed by atoms with van der Waals surface area (Å²) in [6, 6.07) is 1.63. The van der Waals surface area contributed by atoms with E-state index in [0.717, 1.165) is 9.88 Å². The Bertz CT molecular complexity index is 579. The van der Waals surface area contributed by atoms with Crippen LogP contribution in [0.2, 0.25) is 0 Å². The molecule has 0 aromatic carbocycles. The summed E-state index contributed by atoms with van der Waals surface area (Å²) in [5.74, 6) is -0.168. The summed E-state index contributed by atoms with van der Waals surface area (Å²) >= 11 is 1.57. The van der Waals surface area contributed by atoms with Crippen molar-refractivity contribution in [3.63, 3.8) is 0 Å². The molecule has 0 aliphatic heterocycles. The molecule has 2 aromatic heterocycles. The van der Waals surface area contributed by atoms with Gasteiger partial charge in [-0.25, -0.2) is 4.98 Å². The van der Waals surface area contributed by atoms with Gasteiger partial charge in [-0.2, -0.15) is 0 Å². The van der Waals surface area contributed by atoms with E-state index in [-0.39, 0.29) is 5.91 Å². The zero-order valence-corrected chi connectivity index (χ0v) is 11.0. The highest BCUT2D eigenvalue weighted by molar-refractivity contribution is 7.11. The fourth-order valence-electron chi connectivity index (χ4n) is 1.53. The van der Waals surface area contributed by atoms with E-state index in [0.29, 0.717) is 23.5 Å². The molecule has 5 nitrogen and oxygen atoms in total. The Morgan fingerprint density at radius 3 is 2.83 bits per heavy atom. The number of pyridine rings is 1. The van der Waals surface area contributed by atoms with Crippen LogP contribution in [0.3, 0.4) is 0 Å². The summed E-state index contributed by atoms with van der Waals surface area (Å²) in [7, 11) is 0. The van der Waals surface area contributed by atoms with E-state index in [1.807, 2.05) is 6.92 Å². The Hall–Kier alpha value is -1.95. The number of thiazole rings is 1. The van der Waals surface area contributed by atoms with Crippen molar-refractivity contribution in [3.8, 4) is 0 Å². The molecule has 0 saturated carbocycles. The molecule has 6 heteroatoms. The van der Waals surface area contributed by atoms with Crippen molar-refractivity contribution >= 4 is 22.9 Å². The number of anilines is 1. The van der Waals surface area contributed by atoms with Crippen molar-refractivity contribution < 1.29 is 4.79 Å². The minimum absolute atomic E-state index is 0.168. The molecule has 0 radical (unpaired) electrons. The van der Waals surface area contributed by atoms with E-state index in [2.05, 4.69) is 15.3 Å². The molecule has 18 heavy (non-hydrogen) atoms. The van der Waals surface area contributed by atoms with Crippen molar-refractivity contribution in [3.05, 3.63) is 39.6 Å². The summed E-state index contributed by atoms with van der Waals surface area (Å²) in [4.78, 5) is 21.2. The van der Waals surface area contributed by atoms with E-state index in [1.165, 1.54) is 0 Å². The van der Waals surface area contributed by atoms with Crippen molar-refractivity contribution in [2.75, 3.05) is 5.73 Å². The average Bonchev–Trinajstić information content (AvgIpc) is 2.75. The lowest BCUT2D eigenvalue weighted by Crippen LogP contribution is -2.23. The summed E-state index contributed by atoms with van der Waals surface area (Å²) in [6.45, 7) is 4.19. The number of nitrogens with two attached hydrogens (primary N) is 1. The third kappa shape index (κ3) is 2.84. The van der Waals surface area contributed by atoms with E-state index >= 15 is 0 Å². The third-order valence-electron chi connectivity index (χ3n) is 2.45. The number of hydrogen-bond acceptors (Lipinski definition) is 5. The van der Waals surface area contributed by atoms with Crippen LogP contribution in [0.25, 0.3) is 0 Å². The Morgan fingerprint density at radius 1 is 1.39 bits per heavy atom. The minimum Gasteiger partial charge on any atom is -0.397 e. The first-order chi connectivity index (χ1) is 8.56. The van der Waals surface area contributed by atoms with Crippen LogP contribution in [0.1, 0.15) is 25.9 Å². The van der Waals surface area contributed by atoms with Crippen LogP contribution >= 0.6 is 11.3 Å². The van der Waals surface area contributed by atoms with Gasteiger partial charge in [0.15, 0.2) is 0 Å². The van der Waals surface area contributed by atoms with Crippen LogP contribution in [-0.4, -0.2) is 15.9 Å². The third-order valence-corrected chi connectivity index (χ3v) is 3.36. The fraction of sp³-hybridized carbons (Fsp3) is 0.250. The molecule has 94 valence electrons. The zero-order valence-electron chi connectivity index (χ0n) is 10.2. The van der Waals surface area contributed by atoms with Crippen molar-refractivity contribution in [1.82, 2.24) is 15.3 Å². The van der Waals surface area contributed by atoms with Gasteiger partial charge in [0.25, 0.3) is 5.91 Å². The summed E-state index contributed by atoms with van der Waals surface area (Å²) in [5, 5.41) is 3.82. The molecule has 0 fully saturated rings. The lowest BCUT2D eigenvalue weighted by molar-refractivity contribution is 0.0950. The van der Waals surface area contributed by atoms with Gasteiger partial charge in [0, 0.05) is 11.1 Å². The lowest BCUT2D eigenvalue weighted by Gasteiger charge is -2.06. The van der Waals surface area contributed by atoms with Crippen LogP contribution in [0.15, 0.2) is 18.5 Å². The highest BCUT2D eigenvalue weighted by Crippen LogP contribution is 2.12. The van der Waals surface area contributed by atoms with Crippen molar-refractivity contribution in [1.29, 1.82) is 0 Å². The number of carbonyl (C=O) groups is 1. The van der Waals surface area contributed by atoms with Gasteiger partial charge in [-0.3, -0.25) is 9.78 Å². The number of hydrogen-bond donors (Lipinski definition) is 2. The number of nitrogens with one attached hydrogen (secondary N) is 1. The number of amides is 1. The molecular weight excluding hydrogens is 248 g/mol. The van der Waals surface area contributed by atoms with Crippen LogP contribution in [-0.2, 0) is 6.54 Å². The van der Waals surface area contributed by atoms with Gasteiger partial charge in [0.1, 0.15) is 0 Å². The first kappa shape index (κ1) is 12.5. The molecule has 0 aliphatic carbocycles. The van der Waals surface area contributed by atoms with Gasteiger partial charge < -0.3 is 11.1 Å². The van der Waals surface area contributed by atoms with Crippen LogP contribution in [0.5, 0.6) is 0 Å². The van der Waals surface area contributed by atoms with Gasteiger partial charge in [-0.1, -0.05) is 0 Å². The van der Waals surface area contributed by atoms with E-state index in [9.17, 15) is 4.79 Å². The fourth-order valence-corrected chi connectivity index (χ4v) is 2.26. The van der Waals surface area contributed by atoms with Crippen molar-refractivity contribution in [2.45, 2.75) is 20.4 Å². The predicted molar refractivity (Wildman–Crippen MR) is 71.4 cm³/mol. The topological polar surface area (TPSA) is 80.9 Å². The first-order valence-corrected chi connectivity index (χ1v) is 6.29. The van der Waals surface area contributed by atoms with Gasteiger partial charge in [0.05, 0.1) is 34.7 Å². The zero-order chi connectivity index (χ0) is 13.1. The first-order valence-electron chi connectivity index (χ1n) is 5.48. The van der Waals surface area contributed by atoms with Gasteiger partial charge >= 0.3 is 0 Å². The molecule has 3 N–H and O–H groups in total. The molecule has 0 aliphatic rings. The SMILES string of the molecule is Cc1ncc(CNC(=O)c2cc(N)cnc2C)s1. The number of aryl methyl sites for hydroxylation is 2. The molecule has 2 aromatic rings. The molecule has 0 saturated heterocycles. The monoisotopic (exact) mass is 262 g/mol. The largest absolute Gasteiger partial charge is 0.397 e. The Balaban J connectivity index is 2.05. The van der Waals surface area contributed by atoms with Crippen LogP contribution in [0, 0.1) is 13.8 Å².